The zero-order valence-electron chi connectivity index (χ0n) is 20.0. The summed E-state index contributed by atoms with van der Waals surface area (Å²) in [5.74, 6) is 0.915. The Morgan fingerprint density at radius 1 is 1.14 bits per heavy atom. The third-order valence-electron chi connectivity index (χ3n) is 5.77. The van der Waals surface area contributed by atoms with Gasteiger partial charge in [-0.15, -0.1) is 0 Å². The molecule has 0 saturated carbocycles. The summed E-state index contributed by atoms with van der Waals surface area (Å²) in [5.41, 5.74) is 1.89. The van der Waals surface area contributed by atoms with Crippen molar-refractivity contribution in [1.29, 1.82) is 0 Å². The third-order valence-corrected chi connectivity index (χ3v) is 5.77. The Morgan fingerprint density at radius 2 is 1.97 bits per heavy atom. The molecule has 0 bridgehead atoms. The van der Waals surface area contributed by atoms with Crippen molar-refractivity contribution in [1.82, 2.24) is 5.32 Å². The van der Waals surface area contributed by atoms with E-state index in [2.05, 4.69) is 5.32 Å². The molecular weight excluding hydrogens is 448 g/mol. The number of nitrogens with zero attached hydrogens (tertiary/aromatic N) is 1. The first-order valence-electron chi connectivity index (χ1n) is 11.5. The van der Waals surface area contributed by atoms with Crippen LogP contribution >= 0.6 is 0 Å². The maximum absolute atomic E-state index is 12.8. The molecule has 35 heavy (non-hydrogen) atoms. The summed E-state index contributed by atoms with van der Waals surface area (Å²) in [6, 6.07) is 15.7. The van der Waals surface area contributed by atoms with Gasteiger partial charge >= 0.3 is 0 Å². The van der Waals surface area contributed by atoms with E-state index in [9.17, 15) is 14.4 Å². The van der Waals surface area contributed by atoms with Gasteiger partial charge in [0.15, 0.2) is 24.8 Å². The summed E-state index contributed by atoms with van der Waals surface area (Å²) in [6.45, 7) is 5.68. The number of ether oxygens (including phenoxy) is 2. The Bertz CT molecular complexity index is 1250. The van der Waals surface area contributed by atoms with Gasteiger partial charge in [-0.2, -0.15) is 0 Å². The number of hydrogen-bond acceptors (Lipinski definition) is 6. The van der Waals surface area contributed by atoms with Gasteiger partial charge in [0, 0.05) is 11.6 Å². The van der Waals surface area contributed by atoms with Crippen molar-refractivity contribution in [2.75, 3.05) is 18.1 Å². The maximum Gasteiger partial charge on any atom is 0.287 e. The molecule has 0 saturated heterocycles. The number of hydrogen-bond donors (Lipinski definition) is 1. The Balaban J connectivity index is 1.49. The summed E-state index contributed by atoms with van der Waals surface area (Å²) in [7, 11) is 0. The van der Waals surface area contributed by atoms with E-state index in [0.29, 0.717) is 28.5 Å². The highest BCUT2D eigenvalue weighted by Gasteiger charge is 2.28. The Labute approximate surface area is 203 Å². The van der Waals surface area contributed by atoms with Crippen molar-refractivity contribution in [3.63, 3.8) is 0 Å². The number of fused-ring (bicyclic) bond motifs is 1. The smallest absolute Gasteiger partial charge is 0.287 e. The quantitative estimate of drug-likeness (QED) is 0.463. The van der Waals surface area contributed by atoms with E-state index >= 15 is 0 Å². The number of rotatable bonds is 9. The summed E-state index contributed by atoms with van der Waals surface area (Å²) >= 11 is 0. The van der Waals surface area contributed by atoms with Crippen molar-refractivity contribution < 1.29 is 28.3 Å². The molecule has 4 rings (SSSR count). The molecule has 2 aromatic carbocycles. The number of anilines is 1. The Kier molecular flexibility index (Phi) is 7.19. The molecule has 2 amide bonds. The fraction of sp³-hybridized carbons (Fsp3) is 0.296. The largest absolute Gasteiger partial charge is 0.485 e. The minimum Gasteiger partial charge on any atom is -0.485 e. The molecule has 0 unspecified atom stereocenters. The molecule has 0 aliphatic carbocycles. The van der Waals surface area contributed by atoms with Crippen LogP contribution in [-0.2, 0) is 11.3 Å². The monoisotopic (exact) mass is 476 g/mol. The first-order chi connectivity index (χ1) is 16.8. The fourth-order valence-corrected chi connectivity index (χ4v) is 3.62. The van der Waals surface area contributed by atoms with Crippen LogP contribution in [0.15, 0.2) is 59.0 Å². The van der Waals surface area contributed by atoms with Gasteiger partial charge in [0.25, 0.3) is 11.8 Å². The predicted octanol–water partition coefficient (Wildman–Crippen LogP) is 4.30. The maximum atomic E-state index is 12.8. The van der Waals surface area contributed by atoms with Gasteiger partial charge < -0.3 is 19.2 Å². The number of nitrogens with one attached hydrogen (secondary N) is 1. The summed E-state index contributed by atoms with van der Waals surface area (Å²) in [6.07, 6.45) is 0.801. The Morgan fingerprint density at radius 3 is 2.74 bits per heavy atom. The minimum atomic E-state index is -0.305. The van der Waals surface area contributed by atoms with E-state index < -0.39 is 0 Å². The first-order valence-corrected chi connectivity index (χ1v) is 11.5. The van der Waals surface area contributed by atoms with Crippen LogP contribution in [0.3, 0.4) is 0 Å². The zero-order valence-corrected chi connectivity index (χ0v) is 20.0. The van der Waals surface area contributed by atoms with Crippen LogP contribution < -0.4 is 19.7 Å². The molecular formula is C27H28N2O6. The van der Waals surface area contributed by atoms with E-state index in [1.165, 1.54) is 4.90 Å². The zero-order chi connectivity index (χ0) is 24.9. The predicted molar refractivity (Wildman–Crippen MR) is 130 cm³/mol. The molecule has 1 aliphatic heterocycles. The van der Waals surface area contributed by atoms with E-state index in [1.54, 1.807) is 36.4 Å². The summed E-state index contributed by atoms with van der Waals surface area (Å²) < 4.78 is 16.9. The van der Waals surface area contributed by atoms with Gasteiger partial charge in [-0.1, -0.05) is 19.1 Å². The lowest BCUT2D eigenvalue weighted by atomic mass is 10.1. The van der Waals surface area contributed by atoms with Gasteiger partial charge in [-0.3, -0.25) is 19.3 Å². The number of furan rings is 1. The number of aryl methyl sites for hydroxylation is 1. The summed E-state index contributed by atoms with van der Waals surface area (Å²) in [4.78, 5) is 39.3. The second-order valence-electron chi connectivity index (χ2n) is 8.53. The van der Waals surface area contributed by atoms with Crippen molar-refractivity contribution in [3.8, 4) is 11.5 Å². The third kappa shape index (κ3) is 5.71. The number of Topliss-reactive ketones (excluding diaryl/α,β-unsaturated/α-hetero) is 1. The van der Waals surface area contributed by atoms with Crippen molar-refractivity contribution >= 4 is 23.3 Å². The fourth-order valence-electron chi connectivity index (χ4n) is 3.62. The number of amides is 2. The highest BCUT2D eigenvalue weighted by atomic mass is 16.5. The van der Waals surface area contributed by atoms with Crippen LogP contribution in [-0.4, -0.2) is 36.9 Å². The normalized spacial score (nSPS) is 13.6. The van der Waals surface area contributed by atoms with Crippen LogP contribution in [0.2, 0.25) is 0 Å². The van der Waals surface area contributed by atoms with E-state index in [1.807, 2.05) is 39.0 Å². The minimum absolute atomic E-state index is 0.0228. The molecule has 1 aliphatic rings. The Hall–Kier alpha value is -4.07. The SMILES string of the molecule is CC[C@@H](C)NC(=O)c1ccc(CN2C(=O)COc3ccc(C(=O)COc4cccc(C)c4)cc32)o1. The molecule has 1 atom stereocenters. The molecule has 8 nitrogen and oxygen atoms in total. The van der Waals surface area contributed by atoms with Crippen molar-refractivity contribution in [2.45, 2.75) is 39.8 Å². The van der Waals surface area contributed by atoms with Crippen LogP contribution in [0.4, 0.5) is 5.69 Å². The lowest BCUT2D eigenvalue weighted by Gasteiger charge is -2.29. The number of benzene rings is 2. The lowest BCUT2D eigenvalue weighted by Crippen LogP contribution is -2.38. The van der Waals surface area contributed by atoms with Crippen LogP contribution in [0, 0.1) is 6.92 Å². The average Bonchev–Trinajstić information content (AvgIpc) is 3.33. The van der Waals surface area contributed by atoms with Gasteiger partial charge in [-0.05, 0) is 68.3 Å². The highest BCUT2D eigenvalue weighted by Crippen LogP contribution is 2.34. The number of carbonyl (C=O) groups excluding carboxylic acids is 3. The molecule has 1 N–H and O–H groups in total. The first kappa shape index (κ1) is 24.1. The molecule has 0 radical (unpaired) electrons. The highest BCUT2D eigenvalue weighted by molar-refractivity contribution is 6.02. The van der Waals surface area contributed by atoms with Crippen molar-refractivity contribution in [3.05, 3.63) is 77.2 Å². The molecule has 1 aromatic heterocycles. The van der Waals surface area contributed by atoms with Crippen LogP contribution in [0.1, 0.15) is 52.5 Å². The molecule has 0 spiro atoms. The molecule has 3 aromatic rings. The van der Waals surface area contributed by atoms with Crippen LogP contribution in [0.25, 0.3) is 0 Å². The second kappa shape index (κ2) is 10.5. The van der Waals surface area contributed by atoms with E-state index in [0.717, 1.165) is 12.0 Å². The van der Waals surface area contributed by atoms with Gasteiger partial charge in [0.1, 0.15) is 17.3 Å². The topological polar surface area (TPSA) is 98.1 Å². The molecule has 8 heteroatoms. The van der Waals surface area contributed by atoms with Gasteiger partial charge in [0.2, 0.25) is 0 Å². The standard InChI is InChI=1S/C27H28N2O6/c1-4-18(3)28-27(32)25-11-9-21(35-25)14-29-22-13-19(8-10-24(22)34-16-26(29)31)23(30)15-33-20-7-5-6-17(2)12-20/h5-13,18H,4,14-16H2,1-3H3,(H,28,32)/t18-/m1/s1. The van der Waals surface area contributed by atoms with Crippen molar-refractivity contribution in [2.24, 2.45) is 0 Å². The lowest BCUT2D eigenvalue weighted by molar-refractivity contribution is -0.121. The van der Waals surface area contributed by atoms with Crippen LogP contribution in [0.5, 0.6) is 11.5 Å². The summed E-state index contributed by atoms with van der Waals surface area (Å²) in [5, 5.41) is 2.85. The number of ketones is 1. The van der Waals surface area contributed by atoms with Gasteiger partial charge in [0.05, 0.1) is 12.2 Å². The molecule has 182 valence electrons. The van der Waals surface area contributed by atoms with Gasteiger partial charge in [-0.25, -0.2) is 0 Å². The van der Waals surface area contributed by atoms with E-state index in [-0.39, 0.29) is 49.2 Å². The number of carbonyl (C=O) groups is 3. The second-order valence-corrected chi connectivity index (χ2v) is 8.53. The van der Waals surface area contributed by atoms with E-state index in [4.69, 9.17) is 13.9 Å². The molecule has 2 heterocycles. The average molecular weight is 477 g/mol. The molecule has 0 fully saturated rings.